The summed E-state index contributed by atoms with van der Waals surface area (Å²) in [6, 6.07) is 10.8. The van der Waals surface area contributed by atoms with Crippen LogP contribution in [-0.2, 0) is 0 Å². The minimum absolute atomic E-state index is 0.0303. The smallest absolute Gasteiger partial charge is 0.269 e. The van der Waals surface area contributed by atoms with Gasteiger partial charge in [0.25, 0.3) is 5.69 Å². The quantitative estimate of drug-likeness (QED) is 0.520. The van der Waals surface area contributed by atoms with Crippen LogP contribution in [0, 0.1) is 15.9 Å². The monoisotopic (exact) mass is 330 g/mol. The van der Waals surface area contributed by atoms with Crippen molar-refractivity contribution in [2.24, 2.45) is 0 Å². The molecule has 0 aliphatic carbocycles. The van der Waals surface area contributed by atoms with E-state index in [0.717, 1.165) is 5.56 Å². The van der Waals surface area contributed by atoms with Gasteiger partial charge in [0.2, 0.25) is 0 Å². The standard InChI is InChI=1S/C16H11FN2O3S/c1-22-15-7-4-11(8-13(15)17)14-9-23-16(18-14)10-2-5-12(6-3-10)19(20)21/h2-9H,1H3. The van der Waals surface area contributed by atoms with E-state index in [1.165, 1.54) is 36.6 Å². The molecule has 0 radical (unpaired) electrons. The van der Waals surface area contributed by atoms with Gasteiger partial charge in [-0.3, -0.25) is 10.1 Å². The van der Waals surface area contributed by atoms with E-state index < -0.39 is 10.7 Å². The topological polar surface area (TPSA) is 65.3 Å². The number of nitrogens with zero attached hydrogens (tertiary/aromatic N) is 2. The van der Waals surface area contributed by atoms with Crippen molar-refractivity contribution in [1.29, 1.82) is 0 Å². The molecule has 116 valence electrons. The van der Waals surface area contributed by atoms with Crippen LogP contribution < -0.4 is 4.74 Å². The van der Waals surface area contributed by atoms with Crippen LogP contribution in [0.15, 0.2) is 47.8 Å². The number of halogens is 1. The molecule has 0 unspecified atom stereocenters. The van der Waals surface area contributed by atoms with Crippen LogP contribution >= 0.6 is 11.3 Å². The van der Waals surface area contributed by atoms with Crippen LogP contribution in [0.25, 0.3) is 21.8 Å². The Bertz CT molecular complexity index is 862. The molecule has 0 N–H and O–H groups in total. The van der Waals surface area contributed by atoms with E-state index >= 15 is 0 Å². The van der Waals surface area contributed by atoms with Crippen molar-refractivity contribution in [3.8, 4) is 27.6 Å². The van der Waals surface area contributed by atoms with Gasteiger partial charge in [-0.1, -0.05) is 0 Å². The summed E-state index contributed by atoms with van der Waals surface area (Å²) in [6.07, 6.45) is 0. The highest BCUT2D eigenvalue weighted by atomic mass is 32.1. The second-order valence-corrected chi connectivity index (χ2v) is 5.55. The average molecular weight is 330 g/mol. The van der Waals surface area contributed by atoms with Crippen molar-refractivity contribution < 1.29 is 14.1 Å². The van der Waals surface area contributed by atoms with Gasteiger partial charge in [-0.25, -0.2) is 9.37 Å². The number of thiazole rings is 1. The molecule has 5 nitrogen and oxygen atoms in total. The van der Waals surface area contributed by atoms with E-state index in [-0.39, 0.29) is 11.4 Å². The molecule has 0 atom stereocenters. The van der Waals surface area contributed by atoms with Crippen LogP contribution in [0.4, 0.5) is 10.1 Å². The predicted octanol–water partition coefficient (Wildman–Crippen LogP) is 4.53. The van der Waals surface area contributed by atoms with E-state index in [2.05, 4.69) is 4.98 Å². The fourth-order valence-electron chi connectivity index (χ4n) is 2.09. The fraction of sp³-hybridized carbons (Fsp3) is 0.0625. The van der Waals surface area contributed by atoms with Crippen molar-refractivity contribution in [3.05, 3.63) is 63.8 Å². The molecule has 23 heavy (non-hydrogen) atoms. The largest absolute Gasteiger partial charge is 0.494 e. The van der Waals surface area contributed by atoms with Crippen molar-refractivity contribution in [3.63, 3.8) is 0 Å². The van der Waals surface area contributed by atoms with Crippen molar-refractivity contribution in [2.75, 3.05) is 7.11 Å². The zero-order valence-corrected chi connectivity index (χ0v) is 12.8. The Labute approximate surface area is 135 Å². The lowest BCUT2D eigenvalue weighted by Crippen LogP contribution is -1.89. The molecule has 0 bridgehead atoms. The molecule has 0 amide bonds. The molecular weight excluding hydrogens is 319 g/mol. The highest BCUT2D eigenvalue weighted by Gasteiger charge is 2.11. The van der Waals surface area contributed by atoms with Gasteiger partial charge in [-0.15, -0.1) is 11.3 Å². The zero-order valence-electron chi connectivity index (χ0n) is 12.0. The number of methoxy groups -OCH3 is 1. The van der Waals surface area contributed by atoms with Crippen molar-refractivity contribution >= 4 is 17.0 Å². The summed E-state index contributed by atoms with van der Waals surface area (Å²) >= 11 is 1.39. The summed E-state index contributed by atoms with van der Waals surface area (Å²) < 4.78 is 18.7. The molecule has 0 saturated heterocycles. The average Bonchev–Trinajstić information content (AvgIpc) is 3.05. The molecule has 1 aromatic heterocycles. The second-order valence-electron chi connectivity index (χ2n) is 4.69. The molecule has 2 aromatic carbocycles. The third kappa shape index (κ3) is 3.04. The van der Waals surface area contributed by atoms with Gasteiger partial charge in [0, 0.05) is 28.6 Å². The highest BCUT2D eigenvalue weighted by molar-refractivity contribution is 7.13. The number of nitro groups is 1. The van der Waals surface area contributed by atoms with E-state index in [0.29, 0.717) is 16.3 Å². The van der Waals surface area contributed by atoms with Gasteiger partial charge >= 0.3 is 0 Å². The Kier molecular flexibility index (Phi) is 4.03. The molecular formula is C16H11FN2O3S. The van der Waals surface area contributed by atoms with Crippen LogP contribution in [0.5, 0.6) is 5.75 Å². The Morgan fingerprint density at radius 2 is 1.87 bits per heavy atom. The third-order valence-electron chi connectivity index (χ3n) is 3.28. The molecule has 0 spiro atoms. The summed E-state index contributed by atoms with van der Waals surface area (Å²) in [6.45, 7) is 0. The molecule has 0 aliphatic heterocycles. The van der Waals surface area contributed by atoms with Gasteiger partial charge in [0.15, 0.2) is 11.6 Å². The van der Waals surface area contributed by atoms with Crippen LogP contribution in [0.3, 0.4) is 0 Å². The third-order valence-corrected chi connectivity index (χ3v) is 4.17. The van der Waals surface area contributed by atoms with E-state index in [4.69, 9.17) is 4.74 Å². The summed E-state index contributed by atoms with van der Waals surface area (Å²) in [5.41, 5.74) is 2.10. The predicted molar refractivity (Wildman–Crippen MR) is 86.2 cm³/mol. The van der Waals surface area contributed by atoms with Gasteiger partial charge < -0.3 is 4.74 Å². The maximum Gasteiger partial charge on any atom is 0.269 e. The normalized spacial score (nSPS) is 10.5. The van der Waals surface area contributed by atoms with E-state index in [1.807, 2.05) is 5.38 Å². The summed E-state index contributed by atoms with van der Waals surface area (Å²) in [7, 11) is 1.41. The maximum absolute atomic E-state index is 13.8. The molecule has 3 aromatic rings. The molecule has 0 fully saturated rings. The lowest BCUT2D eigenvalue weighted by Gasteiger charge is -2.03. The highest BCUT2D eigenvalue weighted by Crippen LogP contribution is 2.31. The molecule has 3 rings (SSSR count). The second kappa shape index (κ2) is 6.13. The minimum atomic E-state index is -0.449. The number of non-ortho nitro benzene ring substituents is 1. The Hall–Kier alpha value is -2.80. The number of nitro benzene ring substituents is 1. The number of hydrogen-bond donors (Lipinski definition) is 0. The molecule has 0 saturated carbocycles. The van der Waals surface area contributed by atoms with Gasteiger partial charge in [-0.2, -0.15) is 0 Å². The SMILES string of the molecule is COc1ccc(-c2csc(-c3ccc([N+](=O)[O-])cc3)n2)cc1F. The number of benzene rings is 2. The molecule has 1 heterocycles. The van der Waals surface area contributed by atoms with Gasteiger partial charge in [0.05, 0.1) is 17.7 Å². The lowest BCUT2D eigenvalue weighted by molar-refractivity contribution is -0.384. The number of hydrogen-bond acceptors (Lipinski definition) is 5. The van der Waals surface area contributed by atoms with Crippen LogP contribution in [0.2, 0.25) is 0 Å². The minimum Gasteiger partial charge on any atom is -0.494 e. The first kappa shape index (κ1) is 15.1. The van der Waals surface area contributed by atoms with Gasteiger partial charge in [0.1, 0.15) is 5.01 Å². The summed E-state index contributed by atoms with van der Waals surface area (Å²) in [5.74, 6) is -0.269. The fourth-order valence-corrected chi connectivity index (χ4v) is 2.93. The number of rotatable bonds is 4. The Balaban J connectivity index is 1.91. The molecule has 0 aliphatic rings. The Morgan fingerprint density at radius 1 is 1.17 bits per heavy atom. The van der Waals surface area contributed by atoms with Crippen LogP contribution in [0.1, 0.15) is 0 Å². The Morgan fingerprint density at radius 3 is 2.48 bits per heavy atom. The summed E-state index contributed by atoms with van der Waals surface area (Å²) in [4.78, 5) is 14.7. The van der Waals surface area contributed by atoms with Crippen molar-refractivity contribution in [2.45, 2.75) is 0 Å². The lowest BCUT2D eigenvalue weighted by atomic mass is 10.1. The first-order valence-electron chi connectivity index (χ1n) is 6.63. The summed E-state index contributed by atoms with van der Waals surface area (Å²) in [5, 5.41) is 13.2. The molecule has 7 heteroatoms. The first-order chi connectivity index (χ1) is 11.1. The van der Waals surface area contributed by atoms with E-state index in [9.17, 15) is 14.5 Å². The van der Waals surface area contributed by atoms with Crippen LogP contribution in [-0.4, -0.2) is 17.0 Å². The number of ether oxygens (including phenoxy) is 1. The first-order valence-corrected chi connectivity index (χ1v) is 7.50. The zero-order chi connectivity index (χ0) is 16.4. The van der Waals surface area contributed by atoms with Crippen molar-refractivity contribution in [1.82, 2.24) is 4.98 Å². The van der Waals surface area contributed by atoms with Gasteiger partial charge in [-0.05, 0) is 30.3 Å². The van der Waals surface area contributed by atoms with E-state index in [1.54, 1.807) is 24.3 Å². The number of aromatic nitrogens is 1. The maximum atomic E-state index is 13.8.